The van der Waals surface area contributed by atoms with E-state index in [1.165, 1.54) is 0 Å². The molecule has 0 saturated carbocycles. The van der Waals surface area contributed by atoms with Crippen molar-refractivity contribution in [2.75, 3.05) is 38.5 Å². The maximum atomic E-state index is 14.1. The molecule has 4 N–H and O–H groups in total. The number of ether oxygens (including phenoxy) is 1. The Balaban J connectivity index is 1.38. The zero-order valence-corrected chi connectivity index (χ0v) is 15.8. The van der Waals surface area contributed by atoms with Crippen molar-refractivity contribution in [3.8, 4) is 0 Å². The smallest absolute Gasteiger partial charge is 0.137 e. The lowest BCUT2D eigenvalue weighted by Crippen LogP contribution is -2.30. The summed E-state index contributed by atoms with van der Waals surface area (Å²) in [6, 6.07) is 13.2. The van der Waals surface area contributed by atoms with E-state index in [0.717, 1.165) is 30.8 Å². The van der Waals surface area contributed by atoms with Crippen molar-refractivity contribution in [1.82, 2.24) is 15.6 Å². The molecule has 1 aliphatic heterocycles. The number of nitrogens with zero attached hydrogens (tertiary/aromatic N) is 1. The standard InChI is InChI=1S/C21H29FN4O/c1-15-9-18(26-21(23)10-15)11-17-12-25-14-20(17)27-8-7-24-13-19(22)16-5-3-2-4-6-16/h2-6,9-10,17,19-20,24-25H,7-8,11-14H2,1H3,(H2,23,26)/t17-,19?,20+/m1/s1. The number of rotatable bonds is 9. The van der Waals surface area contributed by atoms with Crippen molar-refractivity contribution in [1.29, 1.82) is 0 Å². The number of pyridine rings is 1. The Bertz CT molecular complexity index is 692. The molecule has 1 aliphatic rings. The number of hydrogen-bond donors (Lipinski definition) is 3. The molecule has 0 spiro atoms. The van der Waals surface area contributed by atoms with E-state index in [9.17, 15) is 4.39 Å². The molecule has 0 radical (unpaired) electrons. The van der Waals surface area contributed by atoms with Gasteiger partial charge in [0.2, 0.25) is 0 Å². The van der Waals surface area contributed by atoms with E-state index in [1.807, 2.05) is 43.3 Å². The van der Waals surface area contributed by atoms with E-state index in [1.54, 1.807) is 0 Å². The van der Waals surface area contributed by atoms with Gasteiger partial charge in [-0.3, -0.25) is 0 Å². The first-order chi connectivity index (χ1) is 13.1. The summed E-state index contributed by atoms with van der Waals surface area (Å²) < 4.78 is 20.1. The molecule has 146 valence electrons. The molecular weight excluding hydrogens is 343 g/mol. The molecule has 1 aromatic carbocycles. The SMILES string of the molecule is Cc1cc(N)nc(C[C@@H]2CNC[C@@H]2OCCNCC(F)c2ccccc2)c1. The molecule has 0 aliphatic carbocycles. The second-order valence-electron chi connectivity index (χ2n) is 7.17. The van der Waals surface area contributed by atoms with Crippen LogP contribution in [0.15, 0.2) is 42.5 Å². The van der Waals surface area contributed by atoms with Crippen LogP contribution in [0.25, 0.3) is 0 Å². The quantitative estimate of drug-likeness (QED) is 0.590. The Hall–Kier alpha value is -2.02. The molecule has 1 fully saturated rings. The third kappa shape index (κ3) is 5.99. The molecule has 2 heterocycles. The number of alkyl halides is 1. The summed E-state index contributed by atoms with van der Waals surface area (Å²) in [4.78, 5) is 4.43. The fourth-order valence-electron chi connectivity index (χ4n) is 3.54. The van der Waals surface area contributed by atoms with Crippen molar-refractivity contribution in [3.05, 3.63) is 59.3 Å². The average Bonchev–Trinajstić information content (AvgIpc) is 3.08. The highest BCUT2D eigenvalue weighted by Crippen LogP contribution is 2.19. The third-order valence-corrected chi connectivity index (χ3v) is 4.89. The molecule has 1 saturated heterocycles. The van der Waals surface area contributed by atoms with Crippen LogP contribution in [0.4, 0.5) is 10.2 Å². The second-order valence-corrected chi connectivity index (χ2v) is 7.17. The Morgan fingerprint density at radius 1 is 1.30 bits per heavy atom. The Labute approximate surface area is 160 Å². The highest BCUT2D eigenvalue weighted by atomic mass is 19.1. The molecule has 3 rings (SSSR count). The Kier molecular flexibility index (Phi) is 7.15. The van der Waals surface area contributed by atoms with Gasteiger partial charge in [0.1, 0.15) is 12.0 Å². The Morgan fingerprint density at radius 2 is 2.11 bits per heavy atom. The van der Waals surface area contributed by atoms with E-state index >= 15 is 0 Å². The Morgan fingerprint density at radius 3 is 2.89 bits per heavy atom. The lowest BCUT2D eigenvalue weighted by molar-refractivity contribution is 0.0391. The number of nitrogens with two attached hydrogens (primary N) is 1. The number of benzene rings is 1. The van der Waals surface area contributed by atoms with Crippen molar-refractivity contribution in [2.24, 2.45) is 5.92 Å². The summed E-state index contributed by atoms with van der Waals surface area (Å²) in [5, 5.41) is 6.53. The van der Waals surface area contributed by atoms with E-state index in [2.05, 4.69) is 21.7 Å². The van der Waals surface area contributed by atoms with Crippen molar-refractivity contribution < 1.29 is 9.13 Å². The van der Waals surface area contributed by atoms with E-state index in [-0.39, 0.29) is 6.10 Å². The van der Waals surface area contributed by atoms with Crippen LogP contribution in [0.1, 0.15) is 23.0 Å². The monoisotopic (exact) mass is 372 g/mol. The van der Waals surface area contributed by atoms with Gasteiger partial charge in [0.25, 0.3) is 0 Å². The highest BCUT2D eigenvalue weighted by Gasteiger charge is 2.28. The summed E-state index contributed by atoms with van der Waals surface area (Å²) in [5.41, 5.74) is 8.70. The number of hydrogen-bond acceptors (Lipinski definition) is 5. The number of aromatic nitrogens is 1. The minimum Gasteiger partial charge on any atom is -0.384 e. The van der Waals surface area contributed by atoms with Crippen LogP contribution < -0.4 is 16.4 Å². The van der Waals surface area contributed by atoms with Gasteiger partial charge in [0.15, 0.2) is 0 Å². The average molecular weight is 372 g/mol. The van der Waals surface area contributed by atoms with Crippen LogP contribution in [0.3, 0.4) is 0 Å². The number of nitrogen functional groups attached to an aromatic ring is 1. The summed E-state index contributed by atoms with van der Waals surface area (Å²) in [5.74, 6) is 0.939. The van der Waals surface area contributed by atoms with Crippen LogP contribution >= 0.6 is 0 Å². The fraction of sp³-hybridized carbons (Fsp3) is 0.476. The van der Waals surface area contributed by atoms with Crippen LogP contribution in [0.2, 0.25) is 0 Å². The minimum atomic E-state index is -0.995. The number of anilines is 1. The summed E-state index contributed by atoms with van der Waals surface area (Å²) in [7, 11) is 0. The highest BCUT2D eigenvalue weighted by molar-refractivity contribution is 5.34. The molecule has 6 heteroatoms. The molecule has 5 nitrogen and oxygen atoms in total. The normalized spacial score (nSPS) is 20.7. The van der Waals surface area contributed by atoms with Gasteiger partial charge in [0.05, 0.1) is 12.7 Å². The number of aryl methyl sites for hydroxylation is 1. The van der Waals surface area contributed by atoms with Crippen LogP contribution in [-0.4, -0.2) is 43.9 Å². The molecule has 2 aromatic rings. The molecule has 1 unspecified atom stereocenters. The van der Waals surface area contributed by atoms with Gasteiger partial charge in [-0.15, -0.1) is 0 Å². The predicted octanol–water partition coefficient (Wildman–Crippen LogP) is 2.42. The first kappa shape index (κ1) is 19.7. The van der Waals surface area contributed by atoms with E-state index in [0.29, 0.717) is 37.0 Å². The maximum Gasteiger partial charge on any atom is 0.137 e. The zero-order valence-electron chi connectivity index (χ0n) is 15.8. The lowest BCUT2D eigenvalue weighted by atomic mass is 9.99. The molecule has 27 heavy (non-hydrogen) atoms. The molecule has 1 aromatic heterocycles. The number of nitrogens with one attached hydrogen (secondary N) is 2. The van der Waals surface area contributed by atoms with E-state index < -0.39 is 6.17 Å². The van der Waals surface area contributed by atoms with Gasteiger partial charge in [-0.2, -0.15) is 0 Å². The van der Waals surface area contributed by atoms with Gasteiger partial charge >= 0.3 is 0 Å². The van der Waals surface area contributed by atoms with Crippen molar-refractivity contribution in [3.63, 3.8) is 0 Å². The maximum absolute atomic E-state index is 14.1. The molecule has 0 bridgehead atoms. The van der Waals surface area contributed by atoms with Gasteiger partial charge in [-0.25, -0.2) is 9.37 Å². The molecular formula is C21H29FN4O. The van der Waals surface area contributed by atoms with Crippen molar-refractivity contribution in [2.45, 2.75) is 25.6 Å². The van der Waals surface area contributed by atoms with Crippen LogP contribution in [0.5, 0.6) is 0 Å². The number of halogens is 1. The van der Waals surface area contributed by atoms with Gasteiger partial charge in [-0.1, -0.05) is 30.3 Å². The minimum absolute atomic E-state index is 0.144. The largest absolute Gasteiger partial charge is 0.384 e. The van der Waals surface area contributed by atoms with Gasteiger partial charge in [-0.05, 0) is 36.6 Å². The second kappa shape index (κ2) is 9.78. The van der Waals surface area contributed by atoms with Gasteiger partial charge in [0, 0.05) is 37.8 Å². The van der Waals surface area contributed by atoms with E-state index in [4.69, 9.17) is 10.5 Å². The van der Waals surface area contributed by atoms with Gasteiger partial charge < -0.3 is 21.1 Å². The molecule has 0 amide bonds. The first-order valence-corrected chi connectivity index (χ1v) is 9.57. The van der Waals surface area contributed by atoms with Crippen LogP contribution in [0, 0.1) is 12.8 Å². The first-order valence-electron chi connectivity index (χ1n) is 9.57. The lowest BCUT2D eigenvalue weighted by Gasteiger charge is -2.19. The topological polar surface area (TPSA) is 72.2 Å². The third-order valence-electron chi connectivity index (χ3n) is 4.89. The fourth-order valence-corrected chi connectivity index (χ4v) is 3.54. The van der Waals surface area contributed by atoms with Crippen LogP contribution in [-0.2, 0) is 11.2 Å². The zero-order chi connectivity index (χ0) is 19.1. The summed E-state index contributed by atoms with van der Waals surface area (Å²) in [6.45, 7) is 5.27. The summed E-state index contributed by atoms with van der Waals surface area (Å²) in [6.07, 6.45) is -0.00653. The molecule has 3 atom stereocenters. The summed E-state index contributed by atoms with van der Waals surface area (Å²) >= 11 is 0. The van der Waals surface area contributed by atoms with Crippen molar-refractivity contribution >= 4 is 5.82 Å². The predicted molar refractivity (Wildman–Crippen MR) is 106 cm³/mol.